The van der Waals surface area contributed by atoms with Crippen LogP contribution in [0.2, 0.25) is 0 Å². The van der Waals surface area contributed by atoms with E-state index < -0.39 is 10.0 Å². The number of nitrogens with one attached hydrogen (secondary N) is 1. The molecular weight excluding hydrogens is 356 g/mol. The minimum atomic E-state index is -3.70. The first-order chi connectivity index (χ1) is 12.0. The summed E-state index contributed by atoms with van der Waals surface area (Å²) in [6.07, 6.45) is 0.730. The van der Waals surface area contributed by atoms with E-state index in [1.165, 1.54) is 16.1 Å². The molecule has 3 rings (SSSR count). The number of hydrogen-bond donors (Lipinski definition) is 1. The van der Waals surface area contributed by atoms with Crippen LogP contribution < -0.4 is 9.62 Å². The normalized spacial score (nSPS) is 16.9. The van der Waals surface area contributed by atoms with E-state index in [-0.39, 0.29) is 16.1 Å². The van der Waals surface area contributed by atoms with Gasteiger partial charge in [0.05, 0.1) is 21.5 Å². The summed E-state index contributed by atoms with van der Waals surface area (Å²) in [5.41, 5.74) is 1.18. The van der Waals surface area contributed by atoms with Gasteiger partial charge in [-0.1, -0.05) is 25.1 Å². The molecule has 5 nitrogen and oxygen atoms in total. The second-order valence-electron chi connectivity index (χ2n) is 5.67. The Morgan fingerprint density at radius 2 is 1.84 bits per heavy atom. The van der Waals surface area contributed by atoms with Gasteiger partial charge in [0.1, 0.15) is 0 Å². The summed E-state index contributed by atoms with van der Waals surface area (Å²) in [6.45, 7) is 4.08. The Kier molecular flexibility index (Phi) is 5.06. The number of rotatable bonds is 5. The van der Waals surface area contributed by atoms with Crippen LogP contribution >= 0.6 is 11.8 Å². The second kappa shape index (κ2) is 7.09. The number of anilines is 2. The summed E-state index contributed by atoms with van der Waals surface area (Å²) < 4.78 is 27.5. The minimum Gasteiger partial charge on any atom is -0.324 e. The van der Waals surface area contributed by atoms with E-state index in [1.807, 2.05) is 25.1 Å². The van der Waals surface area contributed by atoms with Crippen molar-refractivity contribution in [3.63, 3.8) is 0 Å². The van der Waals surface area contributed by atoms with E-state index in [4.69, 9.17) is 0 Å². The van der Waals surface area contributed by atoms with Crippen LogP contribution in [-0.2, 0) is 14.8 Å². The third-order valence-corrected chi connectivity index (χ3v) is 7.40. The van der Waals surface area contributed by atoms with E-state index in [0.717, 1.165) is 11.3 Å². The fraction of sp³-hybridized carbons (Fsp3) is 0.278. The largest absolute Gasteiger partial charge is 0.324 e. The van der Waals surface area contributed by atoms with Crippen molar-refractivity contribution in [3.05, 3.63) is 48.5 Å². The number of nitrogens with zero attached hydrogens (tertiary/aromatic N) is 1. The average molecular weight is 377 g/mol. The van der Waals surface area contributed by atoms with Gasteiger partial charge in [-0.15, -0.1) is 11.8 Å². The molecular formula is C18H20N2O3S2. The van der Waals surface area contributed by atoms with Crippen LogP contribution in [-0.4, -0.2) is 26.1 Å². The first-order valence-electron chi connectivity index (χ1n) is 8.16. The highest BCUT2D eigenvalue weighted by atomic mass is 32.2. The third kappa shape index (κ3) is 3.39. The van der Waals surface area contributed by atoms with Crippen molar-refractivity contribution < 1.29 is 13.2 Å². The van der Waals surface area contributed by atoms with Crippen molar-refractivity contribution in [3.8, 4) is 0 Å². The number of para-hydroxylation sites is 1. The van der Waals surface area contributed by atoms with Gasteiger partial charge < -0.3 is 5.32 Å². The molecule has 1 aliphatic rings. The molecule has 7 heteroatoms. The number of carbonyl (C=O) groups excluding carboxylic acids is 1. The maximum atomic E-state index is 13.1. The van der Waals surface area contributed by atoms with Crippen LogP contribution in [0.25, 0.3) is 0 Å². The summed E-state index contributed by atoms with van der Waals surface area (Å²) in [4.78, 5) is 13.1. The number of thioether (sulfide) groups is 1. The van der Waals surface area contributed by atoms with Crippen LogP contribution in [0.1, 0.15) is 20.3 Å². The number of benzene rings is 2. The summed E-state index contributed by atoms with van der Waals surface area (Å²) in [5, 5.41) is 2.69. The first kappa shape index (κ1) is 17.8. The Bertz CT molecular complexity index is 882. The van der Waals surface area contributed by atoms with Crippen LogP contribution in [0.3, 0.4) is 0 Å². The molecule has 25 heavy (non-hydrogen) atoms. The van der Waals surface area contributed by atoms with Gasteiger partial charge in [0.15, 0.2) is 0 Å². The van der Waals surface area contributed by atoms with Gasteiger partial charge >= 0.3 is 0 Å². The van der Waals surface area contributed by atoms with E-state index in [0.29, 0.717) is 17.9 Å². The molecule has 1 unspecified atom stereocenters. The molecule has 0 spiro atoms. The molecule has 1 atom stereocenters. The zero-order valence-corrected chi connectivity index (χ0v) is 15.7. The van der Waals surface area contributed by atoms with Gasteiger partial charge in [-0.2, -0.15) is 0 Å². The van der Waals surface area contributed by atoms with Crippen LogP contribution in [0, 0.1) is 0 Å². The first-order valence-corrected chi connectivity index (χ1v) is 10.5. The van der Waals surface area contributed by atoms with Gasteiger partial charge in [-0.3, -0.25) is 9.10 Å². The lowest BCUT2D eigenvalue weighted by atomic mass is 10.2. The predicted octanol–water partition coefficient (Wildman–Crippen LogP) is 3.72. The Morgan fingerprint density at radius 1 is 1.12 bits per heavy atom. The lowest BCUT2D eigenvalue weighted by Gasteiger charge is -2.26. The number of fused-ring (bicyclic) bond motifs is 1. The van der Waals surface area contributed by atoms with E-state index in [1.54, 1.807) is 37.3 Å². The molecule has 1 heterocycles. The smallest absolute Gasteiger partial charge is 0.264 e. The van der Waals surface area contributed by atoms with Crippen LogP contribution in [0.5, 0.6) is 0 Å². The fourth-order valence-electron chi connectivity index (χ4n) is 2.77. The number of amides is 1. The highest BCUT2D eigenvalue weighted by Gasteiger charge is 2.29. The van der Waals surface area contributed by atoms with Gasteiger partial charge in [0, 0.05) is 11.4 Å². The molecule has 0 saturated heterocycles. The Balaban J connectivity index is 1.99. The maximum absolute atomic E-state index is 13.1. The van der Waals surface area contributed by atoms with Crippen molar-refractivity contribution in [2.24, 2.45) is 0 Å². The molecule has 0 radical (unpaired) electrons. The summed E-state index contributed by atoms with van der Waals surface area (Å²) in [5.74, 6) is -0.0787. The Labute approximate surface area is 152 Å². The predicted molar refractivity (Wildman–Crippen MR) is 102 cm³/mol. The van der Waals surface area contributed by atoms with Gasteiger partial charge in [0.25, 0.3) is 10.0 Å². The lowest BCUT2D eigenvalue weighted by molar-refractivity contribution is -0.115. The molecule has 1 N–H and O–H groups in total. The molecule has 0 aliphatic carbocycles. The number of sulfonamides is 1. The minimum absolute atomic E-state index is 0.0787. The zero-order valence-electron chi connectivity index (χ0n) is 14.1. The third-order valence-electron chi connectivity index (χ3n) is 4.06. The highest BCUT2D eigenvalue weighted by Crippen LogP contribution is 2.38. The molecule has 1 amide bonds. The molecule has 2 aromatic rings. The standard InChI is InChI=1S/C18H20N2O3S2/c1-3-16-18(21)19-15-12-14(10-11-17(15)24-16)25(22,23)20(4-2)13-8-6-5-7-9-13/h5-12,16H,3-4H2,1-2H3,(H,19,21). The van der Waals surface area contributed by atoms with Crippen molar-refractivity contribution in [1.82, 2.24) is 0 Å². The SMILES string of the molecule is CCC1Sc2ccc(S(=O)(=O)N(CC)c3ccccc3)cc2NC1=O. The Hall–Kier alpha value is -1.99. The molecule has 0 saturated carbocycles. The van der Waals surface area contributed by atoms with E-state index >= 15 is 0 Å². The van der Waals surface area contributed by atoms with Gasteiger partial charge in [-0.25, -0.2) is 8.42 Å². The van der Waals surface area contributed by atoms with Crippen molar-refractivity contribution in [1.29, 1.82) is 0 Å². The van der Waals surface area contributed by atoms with Crippen molar-refractivity contribution >= 4 is 39.1 Å². The van der Waals surface area contributed by atoms with E-state index in [9.17, 15) is 13.2 Å². The summed E-state index contributed by atoms with van der Waals surface area (Å²) in [6, 6.07) is 13.9. The van der Waals surface area contributed by atoms with E-state index in [2.05, 4.69) is 5.32 Å². The van der Waals surface area contributed by atoms with Crippen LogP contribution in [0.15, 0.2) is 58.3 Å². The topological polar surface area (TPSA) is 66.5 Å². The molecule has 132 valence electrons. The second-order valence-corrected chi connectivity index (χ2v) is 8.77. The zero-order chi connectivity index (χ0) is 18.0. The lowest BCUT2D eigenvalue weighted by Crippen LogP contribution is -2.31. The van der Waals surface area contributed by atoms with Crippen molar-refractivity contribution in [2.45, 2.75) is 35.3 Å². The van der Waals surface area contributed by atoms with Crippen molar-refractivity contribution in [2.75, 3.05) is 16.2 Å². The summed E-state index contributed by atoms with van der Waals surface area (Å²) in [7, 11) is -3.70. The van der Waals surface area contributed by atoms with Crippen LogP contribution in [0.4, 0.5) is 11.4 Å². The highest BCUT2D eigenvalue weighted by molar-refractivity contribution is 8.01. The number of carbonyl (C=O) groups is 1. The van der Waals surface area contributed by atoms with Gasteiger partial charge in [0.2, 0.25) is 5.91 Å². The molecule has 1 aliphatic heterocycles. The maximum Gasteiger partial charge on any atom is 0.264 e. The average Bonchev–Trinajstić information content (AvgIpc) is 2.62. The summed E-state index contributed by atoms with van der Waals surface area (Å²) >= 11 is 1.47. The molecule has 0 fully saturated rings. The fourth-order valence-corrected chi connectivity index (χ4v) is 5.29. The quantitative estimate of drug-likeness (QED) is 0.864. The molecule has 2 aromatic carbocycles. The molecule has 0 bridgehead atoms. The number of hydrogen-bond acceptors (Lipinski definition) is 4. The monoisotopic (exact) mass is 376 g/mol. The van der Waals surface area contributed by atoms with Gasteiger partial charge in [-0.05, 0) is 43.7 Å². The Morgan fingerprint density at radius 3 is 2.48 bits per heavy atom. The molecule has 0 aromatic heterocycles.